The van der Waals surface area contributed by atoms with Gasteiger partial charge in [-0.15, -0.1) is 4.80 Å². The van der Waals surface area contributed by atoms with Gasteiger partial charge in [-0.05, 0) is 13.0 Å². The van der Waals surface area contributed by atoms with E-state index in [0.717, 1.165) is 0 Å². The summed E-state index contributed by atoms with van der Waals surface area (Å²) in [5.41, 5.74) is 1.95. The summed E-state index contributed by atoms with van der Waals surface area (Å²) in [6.45, 7) is 1.80. The SMILES string of the molecule is COC(C)c1c(NC(=O)Nc2cnc(-n3nccn3)c(C#N)c2)cnc2cc(Cl)nn12. The normalized spacial score (nSPS) is 11.8. The summed E-state index contributed by atoms with van der Waals surface area (Å²) in [4.78, 5) is 22.3. The molecule has 2 amide bonds. The number of nitrogens with zero attached hydrogens (tertiary/aromatic N) is 8. The van der Waals surface area contributed by atoms with Gasteiger partial charge < -0.3 is 15.4 Å². The van der Waals surface area contributed by atoms with E-state index in [1.807, 2.05) is 6.07 Å². The standard InChI is InChI=1S/C18H15ClN10O2/c1-10(31-2)16-13(9-21-15-6-14(19)27-28(15)16)26-18(30)25-12-5-11(7-20)17(22-8-12)29-23-3-4-24-29/h3-6,8-10H,1-2H3,(H2,25,26,30). The Labute approximate surface area is 180 Å². The van der Waals surface area contributed by atoms with Gasteiger partial charge in [-0.25, -0.2) is 19.3 Å². The van der Waals surface area contributed by atoms with E-state index >= 15 is 0 Å². The first kappa shape index (κ1) is 20.2. The highest BCUT2D eigenvalue weighted by atomic mass is 35.5. The molecule has 31 heavy (non-hydrogen) atoms. The van der Waals surface area contributed by atoms with E-state index in [-0.39, 0.29) is 16.5 Å². The molecule has 12 nitrogen and oxygen atoms in total. The molecule has 4 aromatic heterocycles. The highest BCUT2D eigenvalue weighted by Gasteiger charge is 2.19. The van der Waals surface area contributed by atoms with Crippen LogP contribution in [0.2, 0.25) is 5.15 Å². The summed E-state index contributed by atoms with van der Waals surface area (Å²) < 4.78 is 6.92. The van der Waals surface area contributed by atoms with Gasteiger partial charge in [-0.1, -0.05) is 11.6 Å². The first-order valence-corrected chi connectivity index (χ1v) is 9.29. The largest absolute Gasteiger partial charge is 0.375 e. The number of carbonyl (C=O) groups excluding carboxylic acids is 1. The lowest BCUT2D eigenvalue weighted by Gasteiger charge is -2.17. The van der Waals surface area contributed by atoms with Crippen LogP contribution in [0.1, 0.15) is 24.3 Å². The number of urea groups is 1. The number of pyridine rings is 1. The maximum absolute atomic E-state index is 12.6. The second-order valence-electron chi connectivity index (χ2n) is 6.28. The average molecular weight is 439 g/mol. The van der Waals surface area contributed by atoms with Crippen molar-refractivity contribution in [3.05, 3.63) is 53.3 Å². The molecule has 1 unspecified atom stereocenters. The third-order valence-corrected chi connectivity index (χ3v) is 4.52. The van der Waals surface area contributed by atoms with Crippen LogP contribution in [0.5, 0.6) is 0 Å². The van der Waals surface area contributed by atoms with Gasteiger partial charge in [-0.3, -0.25) is 0 Å². The Hall–Kier alpha value is -4.08. The van der Waals surface area contributed by atoms with Crippen LogP contribution in [0.25, 0.3) is 11.5 Å². The highest BCUT2D eigenvalue weighted by Crippen LogP contribution is 2.26. The van der Waals surface area contributed by atoms with Crippen molar-refractivity contribution in [3.63, 3.8) is 0 Å². The number of methoxy groups -OCH3 is 1. The fourth-order valence-corrected chi connectivity index (χ4v) is 3.07. The molecule has 0 radical (unpaired) electrons. The number of hydrogen-bond donors (Lipinski definition) is 2. The molecule has 0 aliphatic heterocycles. The zero-order valence-electron chi connectivity index (χ0n) is 16.3. The molecule has 4 aromatic rings. The summed E-state index contributed by atoms with van der Waals surface area (Å²) in [6, 6.07) is 4.52. The van der Waals surface area contributed by atoms with Gasteiger partial charge >= 0.3 is 6.03 Å². The number of aromatic nitrogens is 7. The van der Waals surface area contributed by atoms with Crippen LogP contribution >= 0.6 is 11.6 Å². The van der Waals surface area contributed by atoms with Gasteiger partial charge in [0, 0.05) is 13.2 Å². The number of nitriles is 1. The molecular weight excluding hydrogens is 424 g/mol. The molecular formula is C18H15ClN10O2. The molecule has 0 aromatic carbocycles. The predicted molar refractivity (Wildman–Crippen MR) is 110 cm³/mol. The van der Waals surface area contributed by atoms with Crippen LogP contribution in [0.15, 0.2) is 36.9 Å². The lowest BCUT2D eigenvalue weighted by molar-refractivity contribution is 0.114. The van der Waals surface area contributed by atoms with Crippen molar-refractivity contribution in [2.75, 3.05) is 17.7 Å². The van der Waals surface area contributed by atoms with E-state index in [4.69, 9.17) is 16.3 Å². The van der Waals surface area contributed by atoms with Gasteiger partial charge in [0.2, 0.25) is 0 Å². The van der Waals surface area contributed by atoms with Crippen molar-refractivity contribution in [2.24, 2.45) is 0 Å². The lowest BCUT2D eigenvalue weighted by atomic mass is 10.2. The first-order chi connectivity index (χ1) is 15.0. The summed E-state index contributed by atoms with van der Waals surface area (Å²) in [5.74, 6) is 0.250. The van der Waals surface area contributed by atoms with Crippen molar-refractivity contribution in [2.45, 2.75) is 13.0 Å². The molecule has 1 atom stereocenters. The van der Waals surface area contributed by atoms with Crippen LogP contribution in [0, 0.1) is 11.3 Å². The molecule has 0 bridgehead atoms. The second kappa shape index (κ2) is 8.34. The van der Waals surface area contributed by atoms with Crippen molar-refractivity contribution < 1.29 is 9.53 Å². The van der Waals surface area contributed by atoms with Crippen molar-refractivity contribution >= 4 is 34.7 Å². The number of halogens is 1. The number of anilines is 2. The third kappa shape index (κ3) is 4.00. The Morgan fingerprint density at radius 3 is 2.71 bits per heavy atom. The molecule has 0 spiro atoms. The molecule has 0 aliphatic rings. The summed E-state index contributed by atoms with van der Waals surface area (Å²) in [5, 5.41) is 27.1. The Bertz CT molecular complexity index is 1290. The topological polar surface area (TPSA) is 148 Å². The predicted octanol–water partition coefficient (Wildman–Crippen LogP) is 2.58. The lowest BCUT2D eigenvalue weighted by Crippen LogP contribution is -2.22. The summed E-state index contributed by atoms with van der Waals surface area (Å²) in [6.07, 6.45) is 5.41. The van der Waals surface area contributed by atoms with E-state index in [1.54, 1.807) is 13.0 Å². The van der Waals surface area contributed by atoms with E-state index in [0.29, 0.717) is 22.7 Å². The Morgan fingerprint density at radius 1 is 1.23 bits per heavy atom. The number of fused-ring (bicyclic) bond motifs is 1. The van der Waals surface area contributed by atoms with Gasteiger partial charge in [0.05, 0.1) is 48.0 Å². The molecule has 0 aliphatic carbocycles. The van der Waals surface area contributed by atoms with E-state index in [1.165, 1.54) is 47.3 Å². The molecule has 156 valence electrons. The van der Waals surface area contributed by atoms with Crippen LogP contribution < -0.4 is 10.6 Å². The van der Waals surface area contributed by atoms with Crippen LogP contribution in [0.3, 0.4) is 0 Å². The van der Waals surface area contributed by atoms with E-state index < -0.39 is 12.1 Å². The highest BCUT2D eigenvalue weighted by molar-refractivity contribution is 6.29. The first-order valence-electron chi connectivity index (χ1n) is 8.92. The molecule has 4 rings (SSSR count). The van der Waals surface area contributed by atoms with Crippen LogP contribution in [0.4, 0.5) is 16.2 Å². The fourth-order valence-electron chi connectivity index (χ4n) is 2.90. The maximum atomic E-state index is 12.6. The molecule has 0 fully saturated rings. The van der Waals surface area contributed by atoms with E-state index in [9.17, 15) is 10.1 Å². The zero-order chi connectivity index (χ0) is 22.0. The fraction of sp³-hybridized carbons (Fsp3) is 0.167. The Balaban J connectivity index is 1.59. The maximum Gasteiger partial charge on any atom is 0.323 e. The number of rotatable bonds is 5. The van der Waals surface area contributed by atoms with Gasteiger partial charge in [0.25, 0.3) is 0 Å². The number of carbonyl (C=O) groups is 1. The van der Waals surface area contributed by atoms with Crippen molar-refractivity contribution in [3.8, 4) is 11.9 Å². The summed E-state index contributed by atoms with van der Waals surface area (Å²) >= 11 is 5.99. The average Bonchev–Trinajstić information content (AvgIpc) is 3.42. The van der Waals surface area contributed by atoms with Gasteiger partial charge in [-0.2, -0.15) is 20.6 Å². The minimum absolute atomic E-state index is 0.192. The molecule has 4 heterocycles. The number of nitrogens with one attached hydrogen (secondary N) is 2. The zero-order valence-corrected chi connectivity index (χ0v) is 17.1. The second-order valence-corrected chi connectivity index (χ2v) is 6.66. The number of hydrogen-bond acceptors (Lipinski definition) is 8. The van der Waals surface area contributed by atoms with Gasteiger partial charge in [0.1, 0.15) is 11.6 Å². The quantitative estimate of drug-likeness (QED) is 0.483. The van der Waals surface area contributed by atoms with Crippen LogP contribution in [-0.2, 0) is 4.74 Å². The minimum atomic E-state index is -0.570. The van der Waals surface area contributed by atoms with Gasteiger partial charge in [0.15, 0.2) is 16.6 Å². The third-order valence-electron chi connectivity index (χ3n) is 4.33. The smallest absolute Gasteiger partial charge is 0.323 e. The molecule has 2 N–H and O–H groups in total. The van der Waals surface area contributed by atoms with Crippen LogP contribution in [-0.4, -0.2) is 47.7 Å². The Morgan fingerprint density at radius 2 is 2.00 bits per heavy atom. The van der Waals surface area contributed by atoms with Crippen molar-refractivity contribution in [1.29, 1.82) is 5.26 Å². The Kier molecular flexibility index (Phi) is 5.44. The molecule has 0 saturated heterocycles. The summed E-state index contributed by atoms with van der Waals surface area (Å²) in [7, 11) is 1.54. The number of ether oxygens (including phenoxy) is 1. The molecule has 0 saturated carbocycles. The molecule has 13 heteroatoms. The van der Waals surface area contributed by atoms with Crippen molar-refractivity contribution in [1.82, 2.24) is 34.6 Å². The van der Waals surface area contributed by atoms with E-state index in [2.05, 4.69) is 35.9 Å². The number of amides is 2. The minimum Gasteiger partial charge on any atom is -0.375 e. The monoisotopic (exact) mass is 438 g/mol.